The Morgan fingerprint density at radius 2 is 1.81 bits per heavy atom. The smallest absolute Gasteiger partial charge is 0.248 e. The summed E-state index contributed by atoms with van der Waals surface area (Å²) in [5.74, 6) is -2.48. The van der Waals surface area contributed by atoms with E-state index in [0.717, 1.165) is 18.7 Å². The SMILES string of the molecule is C=CCN(C)C(=O)[C@H]1[C@H]2C(=O)N([C@H](CO)c3ccccc3)C(C(=O)N(CC=C)CCN3CCOCC3)C23CC(C)[C@]1(C)O3. The summed E-state index contributed by atoms with van der Waals surface area (Å²) >= 11 is 0. The van der Waals surface area contributed by atoms with E-state index in [4.69, 9.17) is 9.47 Å². The highest BCUT2D eigenvalue weighted by atomic mass is 16.5. The van der Waals surface area contributed by atoms with Gasteiger partial charge in [0.1, 0.15) is 11.6 Å². The number of carbonyl (C=O) groups excluding carboxylic acids is 3. The number of ether oxygens (including phenoxy) is 2. The number of likely N-dealkylation sites (N-methyl/N-ethyl adjacent to an activating group) is 1. The quantitative estimate of drug-likeness (QED) is 0.368. The number of hydrogen-bond donors (Lipinski definition) is 1. The van der Waals surface area contributed by atoms with Crippen LogP contribution >= 0.6 is 0 Å². The molecule has 10 heteroatoms. The van der Waals surface area contributed by atoms with Crippen LogP contribution in [0.1, 0.15) is 31.9 Å². The minimum Gasteiger partial charge on any atom is -0.394 e. The van der Waals surface area contributed by atoms with Crippen LogP contribution in [0.15, 0.2) is 55.6 Å². The Labute approximate surface area is 254 Å². The van der Waals surface area contributed by atoms with E-state index in [1.54, 1.807) is 33.9 Å². The number of aliphatic hydroxyl groups excluding tert-OH is 1. The average Bonchev–Trinajstić information content (AvgIpc) is 3.52. The van der Waals surface area contributed by atoms with Gasteiger partial charge in [-0.05, 0) is 24.8 Å². The lowest BCUT2D eigenvalue weighted by Gasteiger charge is -2.40. The Morgan fingerprint density at radius 3 is 2.44 bits per heavy atom. The van der Waals surface area contributed by atoms with Gasteiger partial charge in [-0.1, -0.05) is 49.4 Å². The molecular formula is C33H46N4O6. The number of amides is 3. The molecule has 10 nitrogen and oxygen atoms in total. The number of morpholine rings is 1. The van der Waals surface area contributed by atoms with E-state index in [1.807, 2.05) is 44.2 Å². The van der Waals surface area contributed by atoms with Crippen LogP contribution in [-0.4, -0.2) is 126 Å². The van der Waals surface area contributed by atoms with Gasteiger partial charge in [0.05, 0.1) is 43.3 Å². The average molecular weight is 595 g/mol. The Morgan fingerprint density at radius 1 is 1.14 bits per heavy atom. The number of nitrogens with zero attached hydrogens (tertiary/aromatic N) is 4. The van der Waals surface area contributed by atoms with Crippen molar-refractivity contribution in [1.29, 1.82) is 0 Å². The van der Waals surface area contributed by atoms with Gasteiger partial charge < -0.3 is 29.3 Å². The lowest BCUT2D eigenvalue weighted by molar-refractivity contribution is -0.157. The second-order valence-electron chi connectivity index (χ2n) is 12.6. The molecule has 0 aromatic heterocycles. The van der Waals surface area contributed by atoms with Crippen molar-refractivity contribution in [2.24, 2.45) is 17.8 Å². The monoisotopic (exact) mass is 594 g/mol. The first-order valence-electron chi connectivity index (χ1n) is 15.4. The third kappa shape index (κ3) is 5.22. The summed E-state index contributed by atoms with van der Waals surface area (Å²) < 4.78 is 12.4. The van der Waals surface area contributed by atoms with Crippen molar-refractivity contribution in [3.8, 4) is 0 Å². The van der Waals surface area contributed by atoms with Crippen LogP contribution in [-0.2, 0) is 23.9 Å². The van der Waals surface area contributed by atoms with Gasteiger partial charge in [0.25, 0.3) is 0 Å². The van der Waals surface area contributed by atoms with E-state index in [-0.39, 0.29) is 30.2 Å². The van der Waals surface area contributed by atoms with Crippen LogP contribution in [0.5, 0.6) is 0 Å². The summed E-state index contributed by atoms with van der Waals surface area (Å²) in [6.45, 7) is 15.9. The third-order valence-electron chi connectivity index (χ3n) is 10.2. The molecule has 1 spiro atoms. The summed E-state index contributed by atoms with van der Waals surface area (Å²) in [5, 5.41) is 10.8. The van der Waals surface area contributed by atoms with Gasteiger partial charge in [-0.2, -0.15) is 0 Å². The molecule has 234 valence electrons. The number of likely N-dealkylation sites (tertiary alicyclic amines) is 1. The topological polar surface area (TPSA) is 103 Å². The predicted octanol–water partition coefficient (Wildman–Crippen LogP) is 1.72. The van der Waals surface area contributed by atoms with E-state index < -0.39 is 35.1 Å². The maximum atomic E-state index is 14.8. The fourth-order valence-corrected chi connectivity index (χ4v) is 7.93. The first-order valence-corrected chi connectivity index (χ1v) is 15.4. The zero-order valence-corrected chi connectivity index (χ0v) is 25.7. The zero-order valence-electron chi connectivity index (χ0n) is 25.7. The van der Waals surface area contributed by atoms with Crippen molar-refractivity contribution in [2.45, 2.75) is 43.6 Å². The highest BCUT2D eigenvalue weighted by Gasteiger charge is 2.80. The van der Waals surface area contributed by atoms with Gasteiger partial charge >= 0.3 is 0 Å². The molecule has 0 radical (unpaired) electrons. The summed E-state index contributed by atoms with van der Waals surface area (Å²) in [6.07, 6.45) is 3.81. The molecule has 3 amide bonds. The first kappa shape index (κ1) is 31.4. The van der Waals surface area contributed by atoms with Gasteiger partial charge in [-0.25, -0.2) is 0 Å². The normalized spacial score (nSPS) is 32.4. The Hall–Kier alpha value is -3.05. The largest absolute Gasteiger partial charge is 0.394 e. The molecule has 1 aromatic rings. The van der Waals surface area contributed by atoms with Gasteiger partial charge in [0.2, 0.25) is 17.7 Å². The molecule has 43 heavy (non-hydrogen) atoms. The molecule has 3 unspecified atom stereocenters. The number of benzene rings is 1. The summed E-state index contributed by atoms with van der Waals surface area (Å²) in [5.41, 5.74) is -1.41. The van der Waals surface area contributed by atoms with Crippen LogP contribution in [0.3, 0.4) is 0 Å². The molecule has 4 aliphatic rings. The Balaban J connectivity index is 1.58. The predicted molar refractivity (Wildman–Crippen MR) is 162 cm³/mol. The molecule has 2 bridgehead atoms. The maximum absolute atomic E-state index is 14.8. The summed E-state index contributed by atoms with van der Waals surface area (Å²) in [4.78, 5) is 50.7. The van der Waals surface area contributed by atoms with Crippen molar-refractivity contribution in [3.63, 3.8) is 0 Å². The number of fused-ring (bicyclic) bond motifs is 1. The molecule has 1 N–H and O–H groups in total. The van der Waals surface area contributed by atoms with Crippen LogP contribution in [0.25, 0.3) is 0 Å². The van der Waals surface area contributed by atoms with Crippen LogP contribution in [0.2, 0.25) is 0 Å². The molecule has 4 saturated heterocycles. The first-order chi connectivity index (χ1) is 20.6. The van der Waals surface area contributed by atoms with E-state index >= 15 is 0 Å². The number of carbonyl (C=O) groups is 3. The number of hydrogen-bond acceptors (Lipinski definition) is 7. The fraction of sp³-hybridized carbons (Fsp3) is 0.606. The van der Waals surface area contributed by atoms with Gasteiger partial charge in [-0.3, -0.25) is 19.3 Å². The zero-order chi connectivity index (χ0) is 30.9. The van der Waals surface area contributed by atoms with E-state index in [1.165, 1.54) is 0 Å². The van der Waals surface area contributed by atoms with Crippen LogP contribution < -0.4 is 0 Å². The summed E-state index contributed by atoms with van der Waals surface area (Å²) in [6, 6.07) is 7.48. The second-order valence-corrected chi connectivity index (χ2v) is 12.6. The highest BCUT2D eigenvalue weighted by molar-refractivity contribution is 5.99. The minimum absolute atomic E-state index is 0.0802. The molecule has 4 aliphatic heterocycles. The van der Waals surface area contributed by atoms with Crippen molar-refractivity contribution >= 4 is 17.7 Å². The Bertz CT molecular complexity index is 1220. The maximum Gasteiger partial charge on any atom is 0.248 e. The standard InChI is InChI=1S/C33H46N4O6/c1-6-13-34(5)29(39)26-27-30(40)37(25(22-38)24-11-9-8-10-12-24)28(33(27)21-23(3)32(26,4)43-33)31(41)36(14-7-2)16-15-35-17-19-42-20-18-35/h6-12,23,25-28,38H,1-2,13-22H2,3-5H3/t23?,25-,26-,27+,28?,32+,33?/m1/s1. The summed E-state index contributed by atoms with van der Waals surface area (Å²) in [7, 11) is 1.70. The fourth-order valence-electron chi connectivity index (χ4n) is 7.93. The van der Waals surface area contributed by atoms with Gasteiger partial charge in [-0.15, -0.1) is 13.2 Å². The van der Waals surface area contributed by atoms with Crippen molar-refractivity contribution in [1.82, 2.24) is 19.6 Å². The second kappa shape index (κ2) is 12.5. The van der Waals surface area contributed by atoms with E-state index in [2.05, 4.69) is 18.1 Å². The van der Waals surface area contributed by atoms with Gasteiger partial charge in [0, 0.05) is 46.3 Å². The lowest BCUT2D eigenvalue weighted by Crippen LogP contribution is -2.58. The number of rotatable bonds is 12. The van der Waals surface area contributed by atoms with Crippen LogP contribution in [0, 0.1) is 17.8 Å². The highest BCUT2D eigenvalue weighted by Crippen LogP contribution is 2.66. The molecule has 4 fully saturated rings. The molecule has 1 aromatic carbocycles. The molecule has 4 heterocycles. The van der Waals surface area contributed by atoms with Gasteiger partial charge in [0.15, 0.2) is 0 Å². The van der Waals surface area contributed by atoms with Crippen molar-refractivity contribution in [2.75, 3.05) is 66.1 Å². The lowest BCUT2D eigenvalue weighted by atomic mass is 9.62. The van der Waals surface area contributed by atoms with E-state index in [9.17, 15) is 19.5 Å². The van der Waals surface area contributed by atoms with Crippen LogP contribution in [0.4, 0.5) is 0 Å². The minimum atomic E-state index is -1.21. The molecular weight excluding hydrogens is 548 g/mol. The number of aliphatic hydroxyl groups is 1. The Kier molecular flexibility index (Phi) is 9.13. The molecule has 7 atom stereocenters. The third-order valence-corrected chi connectivity index (χ3v) is 10.2. The van der Waals surface area contributed by atoms with E-state index in [0.29, 0.717) is 45.8 Å². The van der Waals surface area contributed by atoms with Crippen molar-refractivity contribution in [3.05, 3.63) is 61.2 Å². The molecule has 0 aliphatic carbocycles. The van der Waals surface area contributed by atoms with Crippen molar-refractivity contribution < 1.29 is 29.0 Å². The molecule has 0 saturated carbocycles. The molecule has 5 rings (SSSR count).